The molecule has 2 rings (SSSR count). The van der Waals surface area contributed by atoms with Crippen LogP contribution in [0.2, 0.25) is 0 Å². The second kappa shape index (κ2) is 6.34. The number of rotatable bonds is 5. The van der Waals surface area contributed by atoms with Gasteiger partial charge in [0.1, 0.15) is 5.82 Å². The largest absolute Gasteiger partial charge is 0.241 e. The van der Waals surface area contributed by atoms with Crippen LogP contribution in [0, 0.1) is 5.82 Å². The minimum atomic E-state index is -3.74. The Bertz CT molecular complexity index is 686. The summed E-state index contributed by atoms with van der Waals surface area (Å²) in [4.78, 5) is 0.863. The SMILES string of the molecule is CCC(NS(=O)(=O)c1ccc(Br)c(F)c1)c1cccs1. The van der Waals surface area contributed by atoms with Gasteiger partial charge < -0.3 is 0 Å². The maximum atomic E-state index is 13.5. The zero-order chi connectivity index (χ0) is 14.8. The van der Waals surface area contributed by atoms with Crippen LogP contribution in [0.25, 0.3) is 0 Å². The second-order valence-electron chi connectivity index (χ2n) is 4.17. The molecule has 1 aromatic carbocycles. The maximum Gasteiger partial charge on any atom is 0.241 e. The van der Waals surface area contributed by atoms with Gasteiger partial charge in [-0.2, -0.15) is 0 Å². The number of hydrogen-bond donors (Lipinski definition) is 1. The highest BCUT2D eigenvalue weighted by molar-refractivity contribution is 9.10. The zero-order valence-corrected chi connectivity index (χ0v) is 13.9. The van der Waals surface area contributed by atoms with Crippen molar-refractivity contribution in [2.45, 2.75) is 24.3 Å². The van der Waals surface area contributed by atoms with E-state index in [-0.39, 0.29) is 15.4 Å². The van der Waals surface area contributed by atoms with Crippen LogP contribution in [0.5, 0.6) is 0 Å². The van der Waals surface area contributed by atoms with Crippen LogP contribution in [0.15, 0.2) is 45.1 Å². The molecule has 0 radical (unpaired) electrons. The van der Waals surface area contributed by atoms with Crippen LogP contribution < -0.4 is 4.72 Å². The summed E-state index contributed by atoms with van der Waals surface area (Å²) >= 11 is 4.49. The van der Waals surface area contributed by atoms with Crippen molar-refractivity contribution in [1.82, 2.24) is 4.72 Å². The molecule has 108 valence electrons. The first-order chi connectivity index (χ1) is 9.44. The molecule has 1 N–H and O–H groups in total. The van der Waals surface area contributed by atoms with Gasteiger partial charge in [-0.05, 0) is 52.0 Å². The van der Waals surface area contributed by atoms with Crippen LogP contribution in [0.1, 0.15) is 24.3 Å². The zero-order valence-electron chi connectivity index (χ0n) is 10.6. The van der Waals surface area contributed by atoms with Crippen LogP contribution >= 0.6 is 27.3 Å². The Morgan fingerprint density at radius 1 is 1.40 bits per heavy atom. The van der Waals surface area contributed by atoms with Gasteiger partial charge in [-0.1, -0.05) is 13.0 Å². The average molecular weight is 378 g/mol. The van der Waals surface area contributed by atoms with E-state index in [1.54, 1.807) is 0 Å². The Balaban J connectivity index is 2.28. The first-order valence-corrected chi connectivity index (χ1v) is 9.10. The molecule has 0 aliphatic heterocycles. The van der Waals surface area contributed by atoms with E-state index in [9.17, 15) is 12.8 Å². The predicted octanol–water partition coefficient (Wildman–Crippen LogP) is 4.08. The number of thiophene rings is 1. The van der Waals surface area contributed by atoms with E-state index in [0.717, 1.165) is 10.9 Å². The Morgan fingerprint density at radius 3 is 2.70 bits per heavy atom. The normalized spacial score (nSPS) is 13.3. The highest BCUT2D eigenvalue weighted by Crippen LogP contribution is 2.25. The quantitative estimate of drug-likeness (QED) is 0.852. The van der Waals surface area contributed by atoms with E-state index in [1.165, 1.54) is 23.5 Å². The van der Waals surface area contributed by atoms with Crippen molar-refractivity contribution in [3.8, 4) is 0 Å². The van der Waals surface area contributed by atoms with Crippen molar-refractivity contribution in [3.63, 3.8) is 0 Å². The van der Waals surface area contributed by atoms with Gasteiger partial charge in [-0.25, -0.2) is 17.5 Å². The average Bonchev–Trinajstić information content (AvgIpc) is 2.93. The van der Waals surface area contributed by atoms with Crippen molar-refractivity contribution in [2.75, 3.05) is 0 Å². The monoisotopic (exact) mass is 377 g/mol. The third kappa shape index (κ3) is 3.46. The molecule has 1 atom stereocenters. The van der Waals surface area contributed by atoms with Crippen molar-refractivity contribution in [2.24, 2.45) is 0 Å². The van der Waals surface area contributed by atoms with Gasteiger partial charge in [0.25, 0.3) is 0 Å². The smallest absolute Gasteiger partial charge is 0.207 e. The Hall–Kier alpha value is -0.760. The number of halogens is 2. The third-order valence-corrected chi connectivity index (χ3v) is 5.89. The summed E-state index contributed by atoms with van der Waals surface area (Å²) < 4.78 is 40.9. The fourth-order valence-corrected chi connectivity index (χ4v) is 4.22. The second-order valence-corrected chi connectivity index (χ2v) is 7.72. The first-order valence-electron chi connectivity index (χ1n) is 5.95. The molecule has 3 nitrogen and oxygen atoms in total. The molecular weight excluding hydrogens is 365 g/mol. The van der Waals surface area contributed by atoms with Gasteiger partial charge in [-0.15, -0.1) is 11.3 Å². The van der Waals surface area contributed by atoms with E-state index in [4.69, 9.17) is 0 Å². The minimum Gasteiger partial charge on any atom is -0.207 e. The lowest BCUT2D eigenvalue weighted by Gasteiger charge is -2.15. The van der Waals surface area contributed by atoms with Crippen LogP contribution in [-0.2, 0) is 10.0 Å². The molecule has 0 spiro atoms. The molecule has 0 aliphatic carbocycles. The lowest BCUT2D eigenvalue weighted by atomic mass is 10.2. The van der Waals surface area contributed by atoms with Crippen molar-refractivity contribution in [3.05, 3.63) is 50.9 Å². The fourth-order valence-electron chi connectivity index (χ4n) is 1.73. The molecule has 1 unspecified atom stereocenters. The molecule has 0 saturated carbocycles. The van der Waals surface area contributed by atoms with Gasteiger partial charge in [-0.3, -0.25) is 0 Å². The molecule has 0 bridgehead atoms. The topological polar surface area (TPSA) is 46.2 Å². The molecule has 2 aromatic rings. The van der Waals surface area contributed by atoms with E-state index >= 15 is 0 Å². The Kier molecular flexibility index (Phi) is 4.95. The Morgan fingerprint density at radius 2 is 2.15 bits per heavy atom. The fraction of sp³-hybridized carbons (Fsp3) is 0.231. The first kappa shape index (κ1) is 15.6. The standard InChI is InChI=1S/C13H13BrFNO2S2/c1-2-12(13-4-3-7-19-13)16-20(17,18)9-5-6-10(14)11(15)8-9/h3-8,12,16H,2H2,1H3. The van der Waals surface area contributed by atoms with Gasteiger partial charge in [0, 0.05) is 4.88 Å². The molecule has 0 aliphatic rings. The number of nitrogens with one attached hydrogen (secondary N) is 1. The lowest BCUT2D eigenvalue weighted by molar-refractivity contribution is 0.550. The third-order valence-electron chi connectivity index (χ3n) is 2.79. The summed E-state index contributed by atoms with van der Waals surface area (Å²) in [6, 6.07) is 7.21. The van der Waals surface area contributed by atoms with Gasteiger partial charge >= 0.3 is 0 Å². The van der Waals surface area contributed by atoms with Gasteiger partial charge in [0.05, 0.1) is 15.4 Å². The van der Waals surface area contributed by atoms with Gasteiger partial charge in [0.2, 0.25) is 10.0 Å². The molecule has 20 heavy (non-hydrogen) atoms. The minimum absolute atomic E-state index is 0.0757. The number of benzene rings is 1. The molecule has 0 amide bonds. The molecule has 7 heteroatoms. The molecule has 1 heterocycles. The van der Waals surface area contributed by atoms with E-state index < -0.39 is 15.8 Å². The summed E-state index contributed by atoms with van der Waals surface area (Å²) in [5.74, 6) is -0.600. The van der Waals surface area contributed by atoms with Crippen molar-refractivity contribution < 1.29 is 12.8 Å². The summed E-state index contributed by atoms with van der Waals surface area (Å²) in [5, 5.41) is 1.89. The highest BCUT2D eigenvalue weighted by Gasteiger charge is 2.21. The lowest BCUT2D eigenvalue weighted by Crippen LogP contribution is -2.27. The summed E-state index contributed by atoms with van der Waals surface area (Å²) in [7, 11) is -3.74. The van der Waals surface area contributed by atoms with E-state index in [1.807, 2.05) is 24.4 Å². The van der Waals surface area contributed by atoms with Crippen LogP contribution in [0.4, 0.5) is 4.39 Å². The summed E-state index contributed by atoms with van der Waals surface area (Å²) in [5.41, 5.74) is 0. The molecule has 0 saturated heterocycles. The highest BCUT2D eigenvalue weighted by atomic mass is 79.9. The van der Waals surface area contributed by atoms with Crippen LogP contribution in [0.3, 0.4) is 0 Å². The summed E-state index contributed by atoms with van der Waals surface area (Å²) in [6.07, 6.45) is 0.624. The molecule has 1 aromatic heterocycles. The maximum absolute atomic E-state index is 13.5. The van der Waals surface area contributed by atoms with Crippen molar-refractivity contribution in [1.29, 1.82) is 0 Å². The van der Waals surface area contributed by atoms with E-state index in [0.29, 0.717) is 6.42 Å². The Labute approximate surface area is 130 Å². The molecular formula is C13H13BrFNO2S2. The van der Waals surface area contributed by atoms with Gasteiger partial charge in [0.15, 0.2) is 0 Å². The number of hydrogen-bond acceptors (Lipinski definition) is 3. The van der Waals surface area contributed by atoms with E-state index in [2.05, 4.69) is 20.7 Å². The van der Waals surface area contributed by atoms with Crippen LogP contribution in [-0.4, -0.2) is 8.42 Å². The number of sulfonamides is 1. The van der Waals surface area contributed by atoms with Crippen molar-refractivity contribution >= 4 is 37.3 Å². The molecule has 0 fully saturated rings. The summed E-state index contributed by atoms with van der Waals surface area (Å²) in [6.45, 7) is 1.90. The predicted molar refractivity (Wildman–Crippen MR) is 81.8 cm³/mol.